The van der Waals surface area contributed by atoms with E-state index in [-0.39, 0.29) is 5.75 Å². The van der Waals surface area contributed by atoms with E-state index in [9.17, 15) is 5.11 Å². The molecule has 0 aliphatic heterocycles. The zero-order chi connectivity index (χ0) is 12.3. The number of benzene rings is 2. The number of phenolic OH excluding ortho intramolecular Hbond substituents is 1. The third-order valence-electron chi connectivity index (χ3n) is 2.43. The van der Waals surface area contributed by atoms with Crippen LogP contribution in [-0.2, 0) is 0 Å². The van der Waals surface area contributed by atoms with Gasteiger partial charge in [0.25, 0.3) is 0 Å². The lowest BCUT2D eigenvalue weighted by Gasteiger charge is -2.08. The maximum atomic E-state index is 9.23. The van der Waals surface area contributed by atoms with Crippen molar-refractivity contribution in [2.24, 2.45) is 0 Å². The van der Waals surface area contributed by atoms with Crippen LogP contribution in [0.1, 0.15) is 6.92 Å². The zero-order valence-corrected chi connectivity index (χ0v) is 10.2. The van der Waals surface area contributed by atoms with E-state index in [2.05, 4.69) is 0 Å². The fraction of sp³-hybridized carbons (Fsp3) is 0.143. The predicted molar refractivity (Wildman–Crippen MR) is 69.7 cm³/mol. The van der Waals surface area contributed by atoms with Crippen molar-refractivity contribution in [3.8, 4) is 22.6 Å². The van der Waals surface area contributed by atoms with E-state index in [1.54, 1.807) is 18.2 Å². The summed E-state index contributed by atoms with van der Waals surface area (Å²) in [7, 11) is 0. The Kier molecular flexibility index (Phi) is 3.55. The van der Waals surface area contributed by atoms with Gasteiger partial charge in [-0.3, -0.25) is 0 Å². The Hall–Kier alpha value is -1.67. The van der Waals surface area contributed by atoms with E-state index in [0.29, 0.717) is 11.6 Å². The van der Waals surface area contributed by atoms with Crippen LogP contribution in [0.25, 0.3) is 11.1 Å². The summed E-state index contributed by atoms with van der Waals surface area (Å²) in [6.45, 7) is 2.55. The number of rotatable bonds is 3. The molecule has 0 spiro atoms. The lowest BCUT2D eigenvalue weighted by atomic mass is 10.1. The van der Waals surface area contributed by atoms with E-state index in [0.717, 1.165) is 16.9 Å². The molecule has 2 aromatic carbocycles. The van der Waals surface area contributed by atoms with Gasteiger partial charge in [0.1, 0.15) is 11.5 Å². The maximum absolute atomic E-state index is 9.23. The first-order valence-corrected chi connectivity index (χ1v) is 5.80. The molecular formula is C14H13ClO2. The number of aromatic hydroxyl groups is 1. The third-order valence-corrected chi connectivity index (χ3v) is 2.74. The van der Waals surface area contributed by atoms with Crippen LogP contribution in [0.3, 0.4) is 0 Å². The predicted octanol–water partition coefficient (Wildman–Crippen LogP) is 4.11. The Bertz CT molecular complexity index is 506. The summed E-state index contributed by atoms with van der Waals surface area (Å²) in [5, 5.41) is 9.87. The van der Waals surface area contributed by atoms with Gasteiger partial charge in [0.05, 0.1) is 11.6 Å². The zero-order valence-electron chi connectivity index (χ0n) is 9.48. The SMILES string of the molecule is CCOc1ccc(-c2ccc(O)cc2)c(Cl)c1. The number of phenols is 1. The van der Waals surface area contributed by atoms with Crippen LogP contribution in [0, 0.1) is 0 Å². The highest BCUT2D eigenvalue weighted by Gasteiger charge is 2.05. The molecule has 0 aliphatic carbocycles. The summed E-state index contributed by atoms with van der Waals surface area (Å²) in [4.78, 5) is 0. The molecule has 0 saturated carbocycles. The van der Waals surface area contributed by atoms with Crippen LogP contribution in [0.15, 0.2) is 42.5 Å². The smallest absolute Gasteiger partial charge is 0.120 e. The average molecular weight is 249 g/mol. The minimum atomic E-state index is 0.246. The lowest BCUT2D eigenvalue weighted by molar-refractivity contribution is 0.340. The van der Waals surface area contributed by atoms with Gasteiger partial charge in [0.15, 0.2) is 0 Å². The quantitative estimate of drug-likeness (QED) is 0.886. The second-order valence-electron chi connectivity index (χ2n) is 3.62. The minimum absolute atomic E-state index is 0.246. The van der Waals surface area contributed by atoms with Crippen molar-refractivity contribution in [3.05, 3.63) is 47.5 Å². The van der Waals surface area contributed by atoms with Crippen molar-refractivity contribution in [1.29, 1.82) is 0 Å². The van der Waals surface area contributed by atoms with Gasteiger partial charge < -0.3 is 9.84 Å². The first kappa shape index (κ1) is 11.8. The Morgan fingerprint density at radius 3 is 2.41 bits per heavy atom. The van der Waals surface area contributed by atoms with Crippen molar-refractivity contribution in [2.75, 3.05) is 6.61 Å². The molecule has 3 heteroatoms. The fourth-order valence-electron chi connectivity index (χ4n) is 1.63. The van der Waals surface area contributed by atoms with Gasteiger partial charge in [-0.2, -0.15) is 0 Å². The number of hydrogen-bond donors (Lipinski definition) is 1. The summed E-state index contributed by atoms with van der Waals surface area (Å²) in [5.41, 5.74) is 1.89. The van der Waals surface area contributed by atoms with Crippen LogP contribution >= 0.6 is 11.6 Å². The van der Waals surface area contributed by atoms with Crippen molar-refractivity contribution in [2.45, 2.75) is 6.92 Å². The molecule has 0 aliphatic rings. The van der Waals surface area contributed by atoms with Crippen molar-refractivity contribution in [1.82, 2.24) is 0 Å². The van der Waals surface area contributed by atoms with Crippen molar-refractivity contribution < 1.29 is 9.84 Å². The van der Waals surface area contributed by atoms with Gasteiger partial charge in [-0.15, -0.1) is 0 Å². The minimum Gasteiger partial charge on any atom is -0.508 e. The molecular weight excluding hydrogens is 236 g/mol. The number of halogens is 1. The van der Waals surface area contributed by atoms with Crippen LogP contribution in [0.5, 0.6) is 11.5 Å². The molecule has 0 radical (unpaired) electrons. The van der Waals surface area contributed by atoms with Gasteiger partial charge in [0, 0.05) is 5.56 Å². The number of ether oxygens (including phenoxy) is 1. The summed E-state index contributed by atoms with van der Waals surface area (Å²) in [5.74, 6) is 1.01. The summed E-state index contributed by atoms with van der Waals surface area (Å²) in [6.07, 6.45) is 0. The Balaban J connectivity index is 2.36. The summed E-state index contributed by atoms with van der Waals surface area (Å²) < 4.78 is 5.37. The van der Waals surface area contributed by atoms with Gasteiger partial charge in [-0.25, -0.2) is 0 Å². The highest BCUT2D eigenvalue weighted by Crippen LogP contribution is 2.31. The topological polar surface area (TPSA) is 29.5 Å². The van der Waals surface area contributed by atoms with E-state index < -0.39 is 0 Å². The molecule has 0 aromatic heterocycles. The van der Waals surface area contributed by atoms with Gasteiger partial charge in [0.2, 0.25) is 0 Å². The van der Waals surface area contributed by atoms with E-state index in [1.165, 1.54) is 0 Å². The standard InChI is InChI=1S/C14H13ClO2/c1-2-17-12-7-8-13(14(15)9-12)10-3-5-11(16)6-4-10/h3-9,16H,2H2,1H3. The highest BCUT2D eigenvalue weighted by atomic mass is 35.5. The molecule has 0 amide bonds. The summed E-state index contributed by atoms with van der Waals surface area (Å²) in [6, 6.07) is 12.5. The molecule has 0 saturated heterocycles. The Morgan fingerprint density at radius 2 is 1.82 bits per heavy atom. The largest absolute Gasteiger partial charge is 0.508 e. The summed E-state index contributed by atoms with van der Waals surface area (Å²) >= 11 is 6.20. The molecule has 88 valence electrons. The van der Waals surface area contributed by atoms with Crippen molar-refractivity contribution in [3.63, 3.8) is 0 Å². The van der Waals surface area contributed by atoms with Crippen LogP contribution in [0.4, 0.5) is 0 Å². The second-order valence-corrected chi connectivity index (χ2v) is 4.03. The third kappa shape index (κ3) is 2.71. The molecule has 2 rings (SSSR count). The monoisotopic (exact) mass is 248 g/mol. The van der Waals surface area contributed by atoms with E-state index in [4.69, 9.17) is 16.3 Å². The molecule has 2 nitrogen and oxygen atoms in total. The van der Waals surface area contributed by atoms with E-state index in [1.807, 2.05) is 31.2 Å². The first-order valence-electron chi connectivity index (χ1n) is 5.42. The Labute approximate surface area is 105 Å². The normalized spacial score (nSPS) is 10.2. The van der Waals surface area contributed by atoms with Crippen molar-refractivity contribution >= 4 is 11.6 Å². The molecule has 0 heterocycles. The molecule has 0 atom stereocenters. The average Bonchev–Trinajstić information content (AvgIpc) is 2.31. The second kappa shape index (κ2) is 5.11. The van der Waals surface area contributed by atoms with E-state index >= 15 is 0 Å². The van der Waals surface area contributed by atoms with Crippen LogP contribution < -0.4 is 4.74 Å². The van der Waals surface area contributed by atoms with Gasteiger partial charge in [-0.1, -0.05) is 23.7 Å². The molecule has 0 fully saturated rings. The van der Waals surface area contributed by atoms with Crippen LogP contribution in [0.2, 0.25) is 5.02 Å². The molecule has 0 bridgehead atoms. The lowest BCUT2D eigenvalue weighted by Crippen LogP contribution is -1.91. The van der Waals surface area contributed by atoms with Gasteiger partial charge >= 0.3 is 0 Å². The maximum Gasteiger partial charge on any atom is 0.120 e. The Morgan fingerprint density at radius 1 is 1.12 bits per heavy atom. The first-order chi connectivity index (χ1) is 8.20. The molecule has 17 heavy (non-hydrogen) atoms. The molecule has 2 aromatic rings. The van der Waals surface area contributed by atoms with Gasteiger partial charge in [-0.05, 0) is 42.8 Å². The fourth-order valence-corrected chi connectivity index (χ4v) is 1.91. The number of hydrogen-bond acceptors (Lipinski definition) is 2. The van der Waals surface area contributed by atoms with Crippen LogP contribution in [-0.4, -0.2) is 11.7 Å². The highest BCUT2D eigenvalue weighted by molar-refractivity contribution is 6.33. The molecule has 1 N–H and O–H groups in total. The molecule has 0 unspecified atom stereocenters.